The van der Waals surface area contributed by atoms with Crippen LogP contribution in [0.2, 0.25) is 0 Å². The Bertz CT molecular complexity index is 904. The molecule has 0 spiro atoms. The molecular weight excluding hydrogens is 356 g/mol. The maximum absolute atomic E-state index is 12.5. The second kappa shape index (κ2) is 5.05. The number of halogens is 1. The van der Waals surface area contributed by atoms with Crippen LogP contribution in [0.4, 0.5) is 11.4 Å². The van der Waals surface area contributed by atoms with Gasteiger partial charge in [-0.05, 0) is 46.3 Å². The number of nitrogens with zero attached hydrogens (tertiary/aromatic N) is 1. The quantitative estimate of drug-likeness (QED) is 0.489. The predicted molar refractivity (Wildman–Crippen MR) is 85.5 cm³/mol. The van der Waals surface area contributed by atoms with Gasteiger partial charge in [-0.15, -0.1) is 0 Å². The van der Waals surface area contributed by atoms with Gasteiger partial charge in [-0.25, -0.2) is 13.4 Å². The third-order valence-electron chi connectivity index (χ3n) is 2.94. The molecule has 3 rings (SSSR count). The van der Waals surface area contributed by atoms with Crippen molar-refractivity contribution in [1.29, 1.82) is 0 Å². The zero-order chi connectivity index (χ0) is 15.0. The van der Waals surface area contributed by atoms with Crippen LogP contribution in [0.5, 0.6) is 0 Å². The number of benzene rings is 1. The van der Waals surface area contributed by atoms with Crippen molar-refractivity contribution in [3.63, 3.8) is 0 Å². The molecule has 3 aromatic rings. The lowest BCUT2D eigenvalue weighted by molar-refractivity contribution is 0.602. The molecule has 4 N–H and O–H groups in total. The number of hydrogen-bond donors (Lipinski definition) is 3. The van der Waals surface area contributed by atoms with Crippen LogP contribution in [0, 0.1) is 0 Å². The van der Waals surface area contributed by atoms with Crippen molar-refractivity contribution in [2.45, 2.75) is 4.90 Å². The summed E-state index contributed by atoms with van der Waals surface area (Å²) in [5, 5.41) is 0.549. The highest BCUT2D eigenvalue weighted by atomic mass is 79.9. The summed E-state index contributed by atoms with van der Waals surface area (Å²) in [6, 6.07) is 8.36. The molecule has 2 heterocycles. The Kier molecular flexibility index (Phi) is 3.34. The fourth-order valence-electron chi connectivity index (χ4n) is 1.98. The Hall–Kier alpha value is -2.06. The summed E-state index contributed by atoms with van der Waals surface area (Å²) in [5.74, 6) is 0. The third-order valence-corrected chi connectivity index (χ3v) is 4.83. The summed E-state index contributed by atoms with van der Waals surface area (Å²) in [4.78, 5) is 7.05. The Morgan fingerprint density at radius 3 is 2.76 bits per heavy atom. The van der Waals surface area contributed by atoms with Gasteiger partial charge in [-0.2, -0.15) is 0 Å². The van der Waals surface area contributed by atoms with Gasteiger partial charge in [-0.1, -0.05) is 0 Å². The number of anilines is 2. The van der Waals surface area contributed by atoms with E-state index in [9.17, 15) is 8.42 Å². The van der Waals surface area contributed by atoms with Gasteiger partial charge in [0.2, 0.25) is 0 Å². The second-order valence-corrected chi connectivity index (χ2v) is 6.90. The van der Waals surface area contributed by atoms with E-state index in [-0.39, 0.29) is 4.90 Å². The van der Waals surface area contributed by atoms with Gasteiger partial charge >= 0.3 is 0 Å². The number of pyridine rings is 1. The van der Waals surface area contributed by atoms with Crippen molar-refractivity contribution >= 4 is 48.2 Å². The number of nitrogen functional groups attached to an aromatic ring is 1. The highest BCUT2D eigenvalue weighted by Gasteiger charge is 2.19. The monoisotopic (exact) mass is 366 g/mol. The van der Waals surface area contributed by atoms with E-state index in [1.54, 1.807) is 30.3 Å². The number of sulfonamides is 1. The zero-order valence-electron chi connectivity index (χ0n) is 10.7. The van der Waals surface area contributed by atoms with Gasteiger partial charge in [0, 0.05) is 22.8 Å². The van der Waals surface area contributed by atoms with E-state index in [1.807, 2.05) is 0 Å². The van der Waals surface area contributed by atoms with E-state index in [0.29, 0.717) is 26.9 Å². The number of hydrogen-bond acceptors (Lipinski definition) is 4. The minimum atomic E-state index is -3.72. The Balaban J connectivity index is 2.04. The number of H-pyrrole nitrogens is 1. The van der Waals surface area contributed by atoms with Gasteiger partial charge in [0.05, 0.1) is 11.9 Å². The molecule has 2 aromatic heterocycles. The summed E-state index contributed by atoms with van der Waals surface area (Å²) >= 11 is 3.20. The first-order valence-electron chi connectivity index (χ1n) is 5.97. The van der Waals surface area contributed by atoms with Crippen LogP contribution in [0.15, 0.2) is 52.2 Å². The van der Waals surface area contributed by atoms with Crippen molar-refractivity contribution in [3.8, 4) is 0 Å². The van der Waals surface area contributed by atoms with Crippen LogP contribution in [-0.4, -0.2) is 18.4 Å². The van der Waals surface area contributed by atoms with E-state index in [4.69, 9.17) is 5.73 Å². The van der Waals surface area contributed by atoms with Crippen LogP contribution in [0.1, 0.15) is 0 Å². The molecule has 0 radical (unpaired) electrons. The van der Waals surface area contributed by atoms with Gasteiger partial charge in [0.1, 0.15) is 9.50 Å². The number of nitrogens with two attached hydrogens (primary N) is 1. The maximum Gasteiger partial charge on any atom is 0.264 e. The first-order valence-corrected chi connectivity index (χ1v) is 8.24. The largest absolute Gasteiger partial charge is 0.399 e. The van der Waals surface area contributed by atoms with Crippen LogP contribution in [0.3, 0.4) is 0 Å². The van der Waals surface area contributed by atoms with E-state index >= 15 is 0 Å². The summed E-state index contributed by atoms with van der Waals surface area (Å²) in [5.41, 5.74) is 7.32. The smallest absolute Gasteiger partial charge is 0.264 e. The lowest BCUT2D eigenvalue weighted by atomic mass is 10.2. The molecular formula is C13H11BrN4O2S. The molecule has 0 aliphatic rings. The summed E-state index contributed by atoms with van der Waals surface area (Å²) in [6.45, 7) is 0. The highest BCUT2D eigenvalue weighted by molar-refractivity contribution is 9.10. The van der Waals surface area contributed by atoms with Gasteiger partial charge in [0.25, 0.3) is 10.0 Å². The van der Waals surface area contributed by atoms with Crippen LogP contribution >= 0.6 is 15.9 Å². The molecule has 108 valence electrons. The van der Waals surface area contributed by atoms with Crippen LogP contribution in [0.25, 0.3) is 10.9 Å². The van der Waals surface area contributed by atoms with Crippen molar-refractivity contribution in [3.05, 3.63) is 47.3 Å². The molecule has 6 nitrogen and oxygen atoms in total. The van der Waals surface area contributed by atoms with Crippen molar-refractivity contribution in [2.24, 2.45) is 0 Å². The molecule has 0 aliphatic carbocycles. The Morgan fingerprint density at radius 2 is 2.05 bits per heavy atom. The highest BCUT2D eigenvalue weighted by Crippen LogP contribution is 2.26. The summed E-state index contributed by atoms with van der Waals surface area (Å²) < 4.78 is 28.0. The number of fused-ring (bicyclic) bond motifs is 1. The second-order valence-electron chi connectivity index (χ2n) is 4.43. The number of nitrogens with one attached hydrogen (secondary N) is 2. The molecule has 0 atom stereocenters. The van der Waals surface area contributed by atoms with Crippen molar-refractivity contribution in [1.82, 2.24) is 9.97 Å². The first kappa shape index (κ1) is 13.9. The van der Waals surface area contributed by atoms with E-state index in [1.165, 1.54) is 12.4 Å². The molecule has 0 bridgehead atoms. The molecule has 21 heavy (non-hydrogen) atoms. The number of aromatic amines is 1. The minimum Gasteiger partial charge on any atom is -0.399 e. The average Bonchev–Trinajstić information content (AvgIpc) is 2.85. The molecule has 0 unspecified atom stereocenters. The molecule has 8 heteroatoms. The topological polar surface area (TPSA) is 101 Å². The Labute approximate surface area is 129 Å². The van der Waals surface area contributed by atoms with E-state index < -0.39 is 10.0 Å². The lowest BCUT2D eigenvalue weighted by Gasteiger charge is -2.07. The summed E-state index contributed by atoms with van der Waals surface area (Å²) in [7, 11) is -3.72. The normalized spacial score (nSPS) is 11.7. The molecule has 0 fully saturated rings. The summed E-state index contributed by atoms with van der Waals surface area (Å²) in [6.07, 6.45) is 2.88. The maximum atomic E-state index is 12.5. The minimum absolute atomic E-state index is 0.146. The zero-order valence-corrected chi connectivity index (χ0v) is 13.1. The van der Waals surface area contributed by atoms with Gasteiger partial charge in [-0.3, -0.25) is 4.72 Å². The first-order chi connectivity index (χ1) is 9.95. The fourth-order valence-corrected chi connectivity index (χ4v) is 3.43. The molecule has 0 amide bonds. The van der Waals surface area contributed by atoms with Gasteiger partial charge in [0.15, 0.2) is 0 Å². The van der Waals surface area contributed by atoms with E-state index in [2.05, 4.69) is 30.6 Å². The average molecular weight is 367 g/mol. The number of aromatic nitrogens is 2. The fraction of sp³-hybridized carbons (Fsp3) is 0. The Morgan fingerprint density at radius 1 is 1.24 bits per heavy atom. The molecule has 0 aliphatic heterocycles. The number of rotatable bonds is 3. The van der Waals surface area contributed by atoms with Crippen molar-refractivity contribution < 1.29 is 8.42 Å². The molecule has 0 saturated carbocycles. The lowest BCUT2D eigenvalue weighted by Crippen LogP contribution is -2.12. The SMILES string of the molecule is Nc1ccc2[nH]cc(S(=O)(=O)Nc3ccc(Br)nc3)c2c1. The third kappa shape index (κ3) is 2.72. The van der Waals surface area contributed by atoms with Crippen molar-refractivity contribution in [2.75, 3.05) is 10.5 Å². The van der Waals surface area contributed by atoms with Crippen LogP contribution in [-0.2, 0) is 10.0 Å². The van der Waals surface area contributed by atoms with Gasteiger partial charge < -0.3 is 10.7 Å². The molecule has 1 aromatic carbocycles. The van der Waals surface area contributed by atoms with Crippen LogP contribution < -0.4 is 10.5 Å². The predicted octanol–water partition coefficient (Wildman–Crippen LogP) is 2.71. The van der Waals surface area contributed by atoms with E-state index in [0.717, 1.165) is 0 Å². The molecule has 0 saturated heterocycles. The standard InChI is InChI=1S/C13H11BrN4O2S/c14-13-4-2-9(6-17-13)18-21(19,20)12-7-16-11-3-1-8(15)5-10(11)12/h1-7,16,18H,15H2.